The number of methoxy groups -OCH3 is 2. The lowest BCUT2D eigenvalue weighted by atomic mass is 10.1. The smallest absolute Gasteiger partial charge is 0.127 e. The molecule has 4 nitrogen and oxygen atoms in total. The molecule has 2 aromatic carbocycles. The van der Waals surface area contributed by atoms with Crippen molar-refractivity contribution in [2.24, 2.45) is 0 Å². The number of hydrogen-bond acceptors (Lipinski definition) is 2. The summed E-state index contributed by atoms with van der Waals surface area (Å²) in [7, 11) is 3.47. The molecule has 0 bridgehead atoms. The zero-order valence-corrected chi connectivity index (χ0v) is 16.6. The minimum Gasteiger partial charge on any atom is -0.497 e. The van der Waals surface area contributed by atoms with Crippen molar-refractivity contribution in [2.75, 3.05) is 40.4 Å². The zero-order valence-electron chi connectivity index (χ0n) is 15.0. The minimum absolute atomic E-state index is 0.947. The molecule has 1 fully saturated rings. The Morgan fingerprint density at radius 3 is 2.28 bits per heavy atom. The Morgan fingerprint density at radius 1 is 0.880 bits per heavy atom. The molecule has 25 heavy (non-hydrogen) atoms. The molecule has 0 aromatic heterocycles. The SMILES string of the molecule is COc1cccc(C[NH+]2CC[NH+](Cc3cc(Br)ccc3OC)CC2)c1. The van der Waals surface area contributed by atoms with Crippen LogP contribution < -0.4 is 19.3 Å². The molecule has 2 N–H and O–H groups in total. The summed E-state index contributed by atoms with van der Waals surface area (Å²) in [5.74, 6) is 1.93. The van der Waals surface area contributed by atoms with Crippen molar-refractivity contribution in [1.29, 1.82) is 0 Å². The predicted octanol–water partition coefficient (Wildman–Crippen LogP) is 0.950. The lowest BCUT2D eigenvalue weighted by Crippen LogP contribution is -3.27. The number of hydrogen-bond donors (Lipinski definition) is 2. The molecular weight excluding hydrogens is 380 g/mol. The second-order valence-corrected chi connectivity index (χ2v) is 7.58. The van der Waals surface area contributed by atoms with Crippen molar-refractivity contribution >= 4 is 15.9 Å². The highest BCUT2D eigenvalue weighted by molar-refractivity contribution is 9.10. The molecule has 0 amide bonds. The molecule has 1 heterocycles. The molecule has 1 saturated heterocycles. The Labute approximate surface area is 158 Å². The fourth-order valence-corrected chi connectivity index (χ4v) is 3.94. The summed E-state index contributed by atoms with van der Waals surface area (Å²) < 4.78 is 12.0. The summed E-state index contributed by atoms with van der Waals surface area (Å²) in [5, 5.41) is 0. The standard InChI is InChI=1S/C20H25BrN2O2/c1-24-19-5-3-4-16(12-19)14-22-8-10-23(11-9-22)15-17-13-18(21)6-7-20(17)25-2/h3-7,12-13H,8-11,14-15H2,1-2H3/p+2. The van der Waals surface area contributed by atoms with Gasteiger partial charge < -0.3 is 19.3 Å². The number of benzene rings is 2. The Bertz CT molecular complexity index is 700. The van der Waals surface area contributed by atoms with Crippen LogP contribution in [0, 0.1) is 0 Å². The van der Waals surface area contributed by atoms with Gasteiger partial charge in [0.25, 0.3) is 0 Å². The van der Waals surface area contributed by atoms with Gasteiger partial charge >= 0.3 is 0 Å². The molecule has 5 heteroatoms. The van der Waals surface area contributed by atoms with Crippen molar-refractivity contribution < 1.29 is 19.3 Å². The Hall–Kier alpha value is -1.56. The zero-order chi connectivity index (χ0) is 17.6. The van der Waals surface area contributed by atoms with Crippen LogP contribution in [0.15, 0.2) is 46.9 Å². The van der Waals surface area contributed by atoms with E-state index in [9.17, 15) is 0 Å². The molecule has 0 atom stereocenters. The first-order valence-corrected chi connectivity index (χ1v) is 9.59. The van der Waals surface area contributed by atoms with Gasteiger partial charge in [-0.25, -0.2) is 0 Å². The van der Waals surface area contributed by atoms with E-state index in [1.165, 1.54) is 37.3 Å². The second kappa shape index (κ2) is 8.70. The van der Waals surface area contributed by atoms with Crippen molar-refractivity contribution in [2.45, 2.75) is 13.1 Å². The Balaban J connectivity index is 1.54. The van der Waals surface area contributed by atoms with Crippen LogP contribution in [0.5, 0.6) is 11.5 Å². The summed E-state index contributed by atoms with van der Waals surface area (Å²) in [6.45, 7) is 6.87. The monoisotopic (exact) mass is 406 g/mol. The molecule has 3 rings (SSSR count). The molecule has 0 saturated carbocycles. The number of piperazine rings is 1. The van der Waals surface area contributed by atoms with Crippen molar-refractivity contribution in [3.05, 3.63) is 58.1 Å². The van der Waals surface area contributed by atoms with E-state index in [0.717, 1.165) is 29.1 Å². The number of halogens is 1. The first-order chi connectivity index (χ1) is 12.2. The fraction of sp³-hybridized carbons (Fsp3) is 0.400. The quantitative estimate of drug-likeness (QED) is 0.747. The summed E-state index contributed by atoms with van der Waals surface area (Å²) in [5.41, 5.74) is 2.63. The summed E-state index contributed by atoms with van der Waals surface area (Å²) >= 11 is 3.57. The van der Waals surface area contributed by atoms with Gasteiger partial charge in [-0.05, 0) is 30.3 Å². The maximum absolute atomic E-state index is 5.51. The second-order valence-electron chi connectivity index (χ2n) is 6.66. The van der Waals surface area contributed by atoms with E-state index >= 15 is 0 Å². The number of quaternary nitrogens is 2. The highest BCUT2D eigenvalue weighted by Crippen LogP contribution is 2.22. The largest absolute Gasteiger partial charge is 0.497 e. The van der Waals surface area contributed by atoms with Gasteiger partial charge in [-0.2, -0.15) is 0 Å². The first kappa shape index (κ1) is 18.2. The predicted molar refractivity (Wildman–Crippen MR) is 102 cm³/mol. The summed E-state index contributed by atoms with van der Waals surface area (Å²) in [4.78, 5) is 3.28. The van der Waals surface area contributed by atoms with Crippen molar-refractivity contribution in [3.8, 4) is 11.5 Å². The molecule has 2 aromatic rings. The molecule has 134 valence electrons. The third-order valence-corrected chi connectivity index (χ3v) is 5.43. The maximum Gasteiger partial charge on any atom is 0.127 e. The maximum atomic E-state index is 5.51. The molecule has 0 unspecified atom stereocenters. The molecule has 0 radical (unpaired) electrons. The van der Waals surface area contributed by atoms with Crippen LogP contribution in [0.1, 0.15) is 11.1 Å². The highest BCUT2D eigenvalue weighted by atomic mass is 79.9. The number of nitrogens with one attached hydrogen (secondary N) is 2. The van der Waals surface area contributed by atoms with Gasteiger partial charge in [0.15, 0.2) is 0 Å². The first-order valence-electron chi connectivity index (χ1n) is 8.80. The van der Waals surface area contributed by atoms with Crippen LogP contribution in [0.4, 0.5) is 0 Å². The lowest BCUT2D eigenvalue weighted by molar-refractivity contribution is -1.02. The van der Waals surface area contributed by atoms with E-state index in [1.807, 2.05) is 18.2 Å². The van der Waals surface area contributed by atoms with Crippen molar-refractivity contribution in [3.63, 3.8) is 0 Å². The van der Waals surface area contributed by atoms with E-state index in [4.69, 9.17) is 9.47 Å². The van der Waals surface area contributed by atoms with Crippen LogP contribution >= 0.6 is 15.9 Å². The Morgan fingerprint density at radius 2 is 1.60 bits per heavy atom. The topological polar surface area (TPSA) is 27.3 Å². The van der Waals surface area contributed by atoms with Crippen molar-refractivity contribution in [1.82, 2.24) is 0 Å². The average molecular weight is 407 g/mol. The van der Waals surface area contributed by atoms with Crippen LogP contribution in [0.3, 0.4) is 0 Å². The van der Waals surface area contributed by atoms with Gasteiger partial charge in [-0.1, -0.05) is 28.1 Å². The molecule has 0 aliphatic carbocycles. The third kappa shape index (κ3) is 4.97. The fourth-order valence-electron chi connectivity index (χ4n) is 3.54. The molecule has 1 aliphatic heterocycles. The van der Waals surface area contributed by atoms with Gasteiger partial charge in [0.05, 0.1) is 14.2 Å². The average Bonchev–Trinajstić information content (AvgIpc) is 2.64. The van der Waals surface area contributed by atoms with Gasteiger partial charge in [-0.3, -0.25) is 0 Å². The van der Waals surface area contributed by atoms with E-state index in [0.29, 0.717) is 0 Å². The van der Waals surface area contributed by atoms with Crippen LogP contribution in [0.25, 0.3) is 0 Å². The summed E-state index contributed by atoms with van der Waals surface area (Å²) in [6.07, 6.45) is 0. The highest BCUT2D eigenvalue weighted by Gasteiger charge is 2.24. The minimum atomic E-state index is 0.947. The van der Waals surface area contributed by atoms with Gasteiger partial charge in [0.2, 0.25) is 0 Å². The van der Waals surface area contributed by atoms with Crippen LogP contribution in [0.2, 0.25) is 0 Å². The lowest BCUT2D eigenvalue weighted by Gasteiger charge is -2.30. The number of ether oxygens (including phenoxy) is 2. The Kier molecular flexibility index (Phi) is 6.34. The van der Waals surface area contributed by atoms with Crippen LogP contribution in [-0.4, -0.2) is 40.4 Å². The van der Waals surface area contributed by atoms with E-state index in [-0.39, 0.29) is 0 Å². The van der Waals surface area contributed by atoms with Crippen LogP contribution in [-0.2, 0) is 13.1 Å². The number of rotatable bonds is 6. The molecule has 1 aliphatic rings. The summed E-state index contributed by atoms with van der Waals surface area (Å²) in [6, 6.07) is 14.7. The van der Waals surface area contributed by atoms with E-state index in [1.54, 1.807) is 24.0 Å². The van der Waals surface area contributed by atoms with Gasteiger partial charge in [0, 0.05) is 15.6 Å². The molecule has 0 spiro atoms. The van der Waals surface area contributed by atoms with E-state index in [2.05, 4.69) is 40.2 Å². The third-order valence-electron chi connectivity index (χ3n) is 4.94. The normalized spacial score (nSPS) is 20.3. The molecular formula is C20H27BrN2O2+2. The van der Waals surface area contributed by atoms with E-state index < -0.39 is 0 Å². The van der Waals surface area contributed by atoms with Gasteiger partial charge in [0.1, 0.15) is 50.8 Å². The van der Waals surface area contributed by atoms with Gasteiger partial charge in [-0.15, -0.1) is 0 Å².